The van der Waals surface area contributed by atoms with Crippen molar-refractivity contribution in [2.75, 3.05) is 12.4 Å². The molecule has 0 aliphatic rings. The van der Waals surface area contributed by atoms with E-state index >= 15 is 0 Å². The summed E-state index contributed by atoms with van der Waals surface area (Å²) >= 11 is 0. The molecule has 0 fully saturated rings. The molecule has 0 aliphatic carbocycles. The van der Waals surface area contributed by atoms with E-state index in [1.54, 1.807) is 39.0 Å². The van der Waals surface area contributed by atoms with E-state index in [1.165, 1.54) is 6.07 Å². The highest BCUT2D eigenvalue weighted by Gasteiger charge is 2.28. The summed E-state index contributed by atoms with van der Waals surface area (Å²) in [7, 11) is -3.19. The van der Waals surface area contributed by atoms with Crippen LogP contribution in [-0.4, -0.2) is 30.6 Å². The molecule has 0 aliphatic heterocycles. The van der Waals surface area contributed by atoms with Crippen LogP contribution in [0.3, 0.4) is 0 Å². The van der Waals surface area contributed by atoms with E-state index in [9.17, 15) is 13.5 Å². The van der Waals surface area contributed by atoms with Crippen molar-refractivity contribution in [2.24, 2.45) is 0 Å². The maximum absolute atomic E-state index is 11.8. The fourth-order valence-corrected chi connectivity index (χ4v) is 2.06. The smallest absolute Gasteiger partial charge is 0.160 e. The van der Waals surface area contributed by atoms with E-state index < -0.39 is 14.6 Å². The van der Waals surface area contributed by atoms with Crippen molar-refractivity contribution in [3.8, 4) is 11.5 Å². The minimum Gasteiger partial charge on any atom is -0.504 e. The number of phenolic OH excluding ortho intramolecular Hbond substituents is 1. The van der Waals surface area contributed by atoms with Gasteiger partial charge in [-0.1, -0.05) is 12.1 Å². The number of phenols is 1. The molecule has 5 heteroatoms. The number of rotatable bonds is 4. The van der Waals surface area contributed by atoms with Gasteiger partial charge >= 0.3 is 0 Å². The molecule has 0 radical (unpaired) electrons. The normalized spacial score (nSPS) is 12.4. The van der Waals surface area contributed by atoms with Crippen molar-refractivity contribution >= 4 is 9.84 Å². The second kappa shape index (κ2) is 4.96. The summed E-state index contributed by atoms with van der Waals surface area (Å²) in [5.74, 6) is 0.252. The van der Waals surface area contributed by atoms with Gasteiger partial charge in [0.25, 0.3) is 0 Å². The van der Waals surface area contributed by atoms with E-state index in [1.807, 2.05) is 0 Å². The molecule has 0 amide bonds. The Kier molecular flexibility index (Phi) is 4.03. The molecule has 1 rings (SSSR count). The van der Waals surface area contributed by atoms with Crippen LogP contribution in [0.25, 0.3) is 0 Å². The molecule has 0 saturated carbocycles. The van der Waals surface area contributed by atoms with Gasteiger partial charge in [0.1, 0.15) is 6.61 Å². The Morgan fingerprint density at radius 3 is 2.35 bits per heavy atom. The van der Waals surface area contributed by atoms with Gasteiger partial charge < -0.3 is 9.84 Å². The van der Waals surface area contributed by atoms with Crippen molar-refractivity contribution in [1.29, 1.82) is 0 Å². The zero-order valence-corrected chi connectivity index (χ0v) is 11.1. The Hall–Kier alpha value is -1.23. The van der Waals surface area contributed by atoms with Crippen molar-refractivity contribution < 1.29 is 18.3 Å². The highest BCUT2D eigenvalue weighted by atomic mass is 32.2. The highest BCUT2D eigenvalue weighted by Crippen LogP contribution is 2.24. The van der Waals surface area contributed by atoms with Crippen LogP contribution >= 0.6 is 0 Å². The molecule has 17 heavy (non-hydrogen) atoms. The molecule has 0 spiro atoms. The Morgan fingerprint density at radius 2 is 1.82 bits per heavy atom. The zero-order valence-electron chi connectivity index (χ0n) is 10.3. The van der Waals surface area contributed by atoms with E-state index in [4.69, 9.17) is 4.74 Å². The molecular weight excluding hydrogens is 240 g/mol. The minimum atomic E-state index is -3.19. The topological polar surface area (TPSA) is 63.6 Å². The molecule has 0 aromatic heterocycles. The van der Waals surface area contributed by atoms with Crippen LogP contribution in [0.15, 0.2) is 24.3 Å². The van der Waals surface area contributed by atoms with Crippen LogP contribution in [0.4, 0.5) is 0 Å². The van der Waals surface area contributed by atoms with E-state index in [0.717, 1.165) is 0 Å². The predicted octanol–water partition coefficient (Wildman–Crippen LogP) is 1.98. The fraction of sp³-hybridized carbons (Fsp3) is 0.500. The second-order valence-corrected chi connectivity index (χ2v) is 7.61. The number of hydrogen-bond donors (Lipinski definition) is 1. The molecule has 1 aromatic carbocycles. The molecule has 0 unspecified atom stereocenters. The maximum atomic E-state index is 11.8. The highest BCUT2D eigenvalue weighted by molar-refractivity contribution is 7.92. The van der Waals surface area contributed by atoms with Gasteiger partial charge in [-0.2, -0.15) is 0 Å². The molecule has 4 nitrogen and oxygen atoms in total. The zero-order chi connectivity index (χ0) is 13.1. The lowest BCUT2D eigenvalue weighted by molar-refractivity contribution is 0.318. The minimum absolute atomic E-state index is 0.0145. The van der Waals surface area contributed by atoms with Crippen molar-refractivity contribution in [2.45, 2.75) is 25.5 Å². The second-order valence-electron chi connectivity index (χ2n) is 4.75. The summed E-state index contributed by atoms with van der Waals surface area (Å²) < 4.78 is 28.0. The van der Waals surface area contributed by atoms with E-state index in [-0.39, 0.29) is 18.1 Å². The number of hydrogen-bond acceptors (Lipinski definition) is 4. The monoisotopic (exact) mass is 258 g/mol. The summed E-state index contributed by atoms with van der Waals surface area (Å²) in [5.41, 5.74) is 0. The Labute approximate surface area is 102 Å². The summed E-state index contributed by atoms with van der Waals surface area (Å²) in [6.45, 7) is 5.00. The van der Waals surface area contributed by atoms with Crippen LogP contribution in [-0.2, 0) is 9.84 Å². The third-order valence-corrected chi connectivity index (χ3v) is 4.98. The summed E-state index contributed by atoms with van der Waals surface area (Å²) in [5, 5.41) is 9.43. The molecule has 96 valence electrons. The number of benzene rings is 1. The van der Waals surface area contributed by atoms with Gasteiger partial charge in [-0.3, -0.25) is 0 Å². The van der Waals surface area contributed by atoms with Crippen molar-refractivity contribution in [1.82, 2.24) is 0 Å². The van der Waals surface area contributed by atoms with Gasteiger partial charge in [-0.05, 0) is 32.9 Å². The lowest BCUT2D eigenvalue weighted by Crippen LogP contribution is -2.32. The van der Waals surface area contributed by atoms with Crippen LogP contribution in [0.1, 0.15) is 20.8 Å². The quantitative estimate of drug-likeness (QED) is 0.897. The van der Waals surface area contributed by atoms with Gasteiger partial charge in [0, 0.05) is 0 Å². The summed E-state index contributed by atoms with van der Waals surface area (Å²) in [6, 6.07) is 6.48. The van der Waals surface area contributed by atoms with Gasteiger partial charge in [0.05, 0.1) is 10.5 Å². The van der Waals surface area contributed by atoms with Gasteiger partial charge in [-0.15, -0.1) is 0 Å². The fourth-order valence-electron chi connectivity index (χ4n) is 1.15. The Balaban J connectivity index is 2.58. The molecule has 0 bridgehead atoms. The van der Waals surface area contributed by atoms with Gasteiger partial charge in [0.15, 0.2) is 21.3 Å². The molecule has 1 aromatic rings. The van der Waals surface area contributed by atoms with Crippen molar-refractivity contribution in [3.63, 3.8) is 0 Å². The average Bonchev–Trinajstić information content (AvgIpc) is 2.19. The van der Waals surface area contributed by atoms with Crippen LogP contribution in [0.5, 0.6) is 11.5 Å². The Morgan fingerprint density at radius 1 is 1.24 bits per heavy atom. The van der Waals surface area contributed by atoms with Crippen LogP contribution < -0.4 is 4.74 Å². The maximum Gasteiger partial charge on any atom is 0.160 e. The number of ether oxygens (including phenoxy) is 1. The largest absolute Gasteiger partial charge is 0.504 e. The lowest BCUT2D eigenvalue weighted by Gasteiger charge is -2.19. The predicted molar refractivity (Wildman–Crippen MR) is 67.1 cm³/mol. The number of aromatic hydroxyl groups is 1. The SMILES string of the molecule is CC(C)(C)S(=O)(=O)CCOc1ccccc1O. The lowest BCUT2D eigenvalue weighted by atomic mass is 10.3. The molecular formula is C12H18O4S. The third-order valence-electron chi connectivity index (χ3n) is 2.41. The number of para-hydroxylation sites is 2. The van der Waals surface area contributed by atoms with Crippen molar-refractivity contribution in [3.05, 3.63) is 24.3 Å². The van der Waals surface area contributed by atoms with E-state index in [0.29, 0.717) is 5.75 Å². The first-order chi connectivity index (χ1) is 7.74. The summed E-state index contributed by atoms with van der Waals surface area (Å²) in [6.07, 6.45) is 0. The standard InChI is InChI=1S/C12H18O4S/c1-12(2,3)17(14,15)9-8-16-11-7-5-4-6-10(11)13/h4-7,13H,8-9H2,1-3H3. The van der Waals surface area contributed by atoms with Crippen LogP contribution in [0.2, 0.25) is 0 Å². The molecule has 0 heterocycles. The molecule has 0 atom stereocenters. The average molecular weight is 258 g/mol. The summed E-state index contributed by atoms with van der Waals surface area (Å²) in [4.78, 5) is 0. The van der Waals surface area contributed by atoms with Gasteiger partial charge in [0.2, 0.25) is 0 Å². The van der Waals surface area contributed by atoms with Gasteiger partial charge in [-0.25, -0.2) is 8.42 Å². The third kappa shape index (κ3) is 3.63. The Bertz CT molecular complexity index is 472. The van der Waals surface area contributed by atoms with Crippen LogP contribution in [0, 0.1) is 0 Å². The molecule has 0 saturated heterocycles. The first-order valence-electron chi connectivity index (χ1n) is 5.37. The first-order valence-corrected chi connectivity index (χ1v) is 7.02. The molecule has 1 N–H and O–H groups in total. The van der Waals surface area contributed by atoms with E-state index in [2.05, 4.69) is 0 Å². The first kappa shape index (κ1) is 13.8. The number of sulfone groups is 1.